The highest BCUT2D eigenvalue weighted by Crippen LogP contribution is 2.36. The summed E-state index contributed by atoms with van der Waals surface area (Å²) in [4.78, 5) is 4.70. The number of oxime groups is 1. The molecule has 0 saturated heterocycles. The Morgan fingerprint density at radius 1 is 1.06 bits per heavy atom. The van der Waals surface area contributed by atoms with Crippen LogP contribution in [0.1, 0.15) is 16.7 Å². The van der Waals surface area contributed by atoms with Crippen molar-refractivity contribution >= 4 is 6.21 Å². The summed E-state index contributed by atoms with van der Waals surface area (Å²) < 4.78 is 0. The Bertz CT molecular complexity index is 587. The quantitative estimate of drug-likeness (QED) is 0.483. The summed E-state index contributed by atoms with van der Waals surface area (Å²) in [5.74, 6) is 0. The molecule has 1 aliphatic carbocycles. The van der Waals surface area contributed by atoms with Crippen LogP contribution in [0.15, 0.2) is 47.6 Å². The Kier molecular flexibility index (Phi) is 2.41. The van der Waals surface area contributed by atoms with E-state index in [1.807, 2.05) is 0 Å². The highest BCUT2D eigenvalue weighted by atomic mass is 16.6. The van der Waals surface area contributed by atoms with Crippen LogP contribution in [0.2, 0.25) is 0 Å². The summed E-state index contributed by atoms with van der Waals surface area (Å²) in [6.07, 6.45) is 2.77. The summed E-state index contributed by atoms with van der Waals surface area (Å²) in [5, 5.41) is 3.80. The van der Waals surface area contributed by atoms with Gasteiger partial charge in [0.25, 0.3) is 0 Å². The summed E-state index contributed by atoms with van der Waals surface area (Å²) >= 11 is 0. The molecule has 2 aromatic rings. The lowest BCUT2D eigenvalue weighted by atomic mass is 10.0. The van der Waals surface area contributed by atoms with Gasteiger partial charge >= 0.3 is 0 Å². The molecule has 0 fully saturated rings. The number of nitrogens with zero attached hydrogens (tertiary/aromatic N) is 1. The van der Waals surface area contributed by atoms with Crippen molar-refractivity contribution in [2.45, 2.75) is 6.42 Å². The molecule has 84 valence electrons. The number of rotatable bonds is 2. The van der Waals surface area contributed by atoms with Crippen molar-refractivity contribution in [1.82, 2.24) is 0 Å². The molecule has 3 rings (SSSR count). The van der Waals surface area contributed by atoms with Crippen molar-refractivity contribution in [1.29, 1.82) is 0 Å². The molecular formula is C15H13NO. The standard InChI is InChI=1S/C15H13NO/c1-17-16-10-11-6-7-13-9-12-4-2-3-5-14(12)15(13)8-11/h2-8,10H,9H2,1H3. The molecule has 0 bridgehead atoms. The van der Waals surface area contributed by atoms with E-state index in [9.17, 15) is 0 Å². The Labute approximate surface area is 101 Å². The monoisotopic (exact) mass is 223 g/mol. The molecule has 2 heteroatoms. The molecule has 0 heterocycles. The Morgan fingerprint density at radius 2 is 1.88 bits per heavy atom. The van der Waals surface area contributed by atoms with Crippen molar-refractivity contribution in [2.75, 3.05) is 7.11 Å². The Hall–Kier alpha value is -2.09. The van der Waals surface area contributed by atoms with Gasteiger partial charge in [0.2, 0.25) is 0 Å². The highest BCUT2D eigenvalue weighted by Gasteiger charge is 2.17. The van der Waals surface area contributed by atoms with E-state index in [4.69, 9.17) is 4.84 Å². The Balaban J connectivity index is 2.08. The van der Waals surface area contributed by atoms with Crippen molar-refractivity contribution in [3.8, 4) is 11.1 Å². The SMILES string of the molecule is CON=Cc1ccc2c(c1)-c1ccccc1C2. The lowest BCUT2D eigenvalue weighted by molar-refractivity contribution is 0.215. The first-order chi connectivity index (χ1) is 8.38. The molecule has 2 aromatic carbocycles. The first kappa shape index (κ1) is 10.1. The third-order valence-corrected chi connectivity index (χ3v) is 3.13. The first-order valence-corrected chi connectivity index (χ1v) is 5.66. The van der Waals surface area contributed by atoms with Gasteiger partial charge in [0.1, 0.15) is 7.11 Å². The van der Waals surface area contributed by atoms with Crippen molar-refractivity contribution < 1.29 is 4.84 Å². The van der Waals surface area contributed by atoms with Gasteiger partial charge in [-0.1, -0.05) is 41.6 Å². The van der Waals surface area contributed by atoms with Crippen LogP contribution in [0.3, 0.4) is 0 Å². The van der Waals surface area contributed by atoms with E-state index in [-0.39, 0.29) is 0 Å². The number of fused-ring (bicyclic) bond motifs is 3. The summed E-state index contributed by atoms with van der Waals surface area (Å²) in [6.45, 7) is 0. The molecular weight excluding hydrogens is 210 g/mol. The lowest BCUT2D eigenvalue weighted by Gasteiger charge is -2.01. The van der Waals surface area contributed by atoms with E-state index < -0.39 is 0 Å². The molecule has 1 aliphatic rings. The van der Waals surface area contributed by atoms with E-state index >= 15 is 0 Å². The molecule has 2 nitrogen and oxygen atoms in total. The first-order valence-electron chi connectivity index (χ1n) is 5.66. The van der Waals surface area contributed by atoms with E-state index in [1.165, 1.54) is 22.3 Å². The molecule has 0 saturated carbocycles. The molecule has 0 aliphatic heterocycles. The van der Waals surface area contributed by atoms with Crippen LogP contribution in [-0.2, 0) is 11.3 Å². The van der Waals surface area contributed by atoms with Crippen LogP contribution in [0.4, 0.5) is 0 Å². The smallest absolute Gasteiger partial charge is 0.106 e. The van der Waals surface area contributed by atoms with Gasteiger partial charge in [0, 0.05) is 0 Å². The van der Waals surface area contributed by atoms with Crippen LogP contribution in [0.25, 0.3) is 11.1 Å². The maximum absolute atomic E-state index is 4.70. The molecule has 0 amide bonds. The van der Waals surface area contributed by atoms with Gasteiger partial charge in [-0.05, 0) is 40.3 Å². The van der Waals surface area contributed by atoms with Gasteiger partial charge in [-0.2, -0.15) is 0 Å². The van der Waals surface area contributed by atoms with Gasteiger partial charge in [-0.3, -0.25) is 0 Å². The predicted octanol–water partition coefficient (Wildman–Crippen LogP) is 3.24. The lowest BCUT2D eigenvalue weighted by Crippen LogP contribution is -1.85. The Morgan fingerprint density at radius 3 is 2.76 bits per heavy atom. The third kappa shape index (κ3) is 1.72. The average molecular weight is 223 g/mol. The van der Waals surface area contributed by atoms with E-state index in [2.05, 4.69) is 47.6 Å². The minimum absolute atomic E-state index is 1.03. The normalized spacial score (nSPS) is 12.5. The molecule has 0 atom stereocenters. The zero-order chi connectivity index (χ0) is 11.7. The summed E-state index contributed by atoms with van der Waals surface area (Å²) in [6, 6.07) is 15.0. The van der Waals surface area contributed by atoms with Crippen LogP contribution in [-0.4, -0.2) is 13.3 Å². The van der Waals surface area contributed by atoms with Crippen LogP contribution in [0, 0.1) is 0 Å². The zero-order valence-corrected chi connectivity index (χ0v) is 9.68. The third-order valence-electron chi connectivity index (χ3n) is 3.13. The second kappa shape index (κ2) is 4.06. The highest BCUT2D eigenvalue weighted by molar-refractivity contribution is 5.85. The molecule has 0 aromatic heterocycles. The zero-order valence-electron chi connectivity index (χ0n) is 9.68. The van der Waals surface area contributed by atoms with Crippen LogP contribution >= 0.6 is 0 Å². The van der Waals surface area contributed by atoms with Crippen molar-refractivity contribution in [3.63, 3.8) is 0 Å². The molecule has 0 spiro atoms. The minimum atomic E-state index is 1.03. The average Bonchev–Trinajstić information content (AvgIpc) is 2.74. The van der Waals surface area contributed by atoms with Crippen molar-refractivity contribution in [3.05, 3.63) is 59.2 Å². The second-order valence-corrected chi connectivity index (χ2v) is 4.17. The molecule has 0 unspecified atom stereocenters. The topological polar surface area (TPSA) is 21.6 Å². The van der Waals surface area contributed by atoms with Crippen LogP contribution < -0.4 is 0 Å². The van der Waals surface area contributed by atoms with Gasteiger partial charge in [-0.25, -0.2) is 0 Å². The van der Waals surface area contributed by atoms with Crippen LogP contribution in [0.5, 0.6) is 0 Å². The fraction of sp³-hybridized carbons (Fsp3) is 0.133. The van der Waals surface area contributed by atoms with Gasteiger partial charge in [0.05, 0.1) is 6.21 Å². The molecule has 0 radical (unpaired) electrons. The minimum Gasteiger partial charge on any atom is -0.399 e. The van der Waals surface area contributed by atoms with Gasteiger partial charge in [-0.15, -0.1) is 0 Å². The van der Waals surface area contributed by atoms with Gasteiger partial charge < -0.3 is 4.84 Å². The summed E-state index contributed by atoms with van der Waals surface area (Å²) in [5.41, 5.74) is 6.53. The fourth-order valence-corrected chi connectivity index (χ4v) is 2.34. The molecule has 17 heavy (non-hydrogen) atoms. The number of hydrogen-bond donors (Lipinski definition) is 0. The predicted molar refractivity (Wildman–Crippen MR) is 69.3 cm³/mol. The van der Waals surface area contributed by atoms with Crippen molar-refractivity contribution in [2.24, 2.45) is 5.16 Å². The summed E-state index contributed by atoms with van der Waals surface area (Å²) in [7, 11) is 1.55. The van der Waals surface area contributed by atoms with E-state index in [1.54, 1.807) is 13.3 Å². The fourth-order valence-electron chi connectivity index (χ4n) is 2.34. The van der Waals surface area contributed by atoms with E-state index in [0.717, 1.165) is 12.0 Å². The maximum atomic E-state index is 4.70. The largest absolute Gasteiger partial charge is 0.399 e. The number of benzene rings is 2. The van der Waals surface area contributed by atoms with Gasteiger partial charge in [0.15, 0.2) is 0 Å². The maximum Gasteiger partial charge on any atom is 0.106 e. The molecule has 0 N–H and O–H groups in total. The number of hydrogen-bond acceptors (Lipinski definition) is 2. The van der Waals surface area contributed by atoms with E-state index in [0.29, 0.717) is 0 Å². The second-order valence-electron chi connectivity index (χ2n) is 4.17.